The number of aliphatic hydroxyl groups excluding tert-OH is 1. The van der Waals surface area contributed by atoms with Gasteiger partial charge in [0, 0.05) is 18.5 Å². The number of methoxy groups -OCH3 is 2. The predicted octanol–water partition coefficient (Wildman–Crippen LogP) is 3.06. The summed E-state index contributed by atoms with van der Waals surface area (Å²) in [4.78, 5) is 36.2. The van der Waals surface area contributed by atoms with Gasteiger partial charge >= 0.3 is 0 Å². The number of aryl methyl sites for hydroxylation is 3. The molecule has 2 N–H and O–H groups in total. The van der Waals surface area contributed by atoms with Crippen molar-refractivity contribution in [2.24, 2.45) is 0 Å². The van der Waals surface area contributed by atoms with Crippen molar-refractivity contribution in [1.29, 1.82) is 0 Å². The van der Waals surface area contributed by atoms with Crippen molar-refractivity contribution in [1.82, 2.24) is 14.9 Å². The van der Waals surface area contributed by atoms with Crippen LogP contribution in [0.4, 0.5) is 0 Å². The van der Waals surface area contributed by atoms with E-state index in [1.165, 1.54) is 23.3 Å². The zero-order valence-electron chi connectivity index (χ0n) is 19.5. The number of hydrogen-bond donors (Lipinski definition) is 2. The minimum atomic E-state index is -0.830. The fourth-order valence-electron chi connectivity index (χ4n) is 4.24. The highest BCUT2D eigenvalue weighted by Gasteiger charge is 2.45. The molecule has 1 atom stereocenters. The Bertz CT molecular complexity index is 1250. The van der Waals surface area contributed by atoms with Crippen molar-refractivity contribution in [3.8, 4) is 11.5 Å². The third-order valence-electron chi connectivity index (χ3n) is 5.81. The Morgan fingerprint density at radius 2 is 2.09 bits per heavy atom. The van der Waals surface area contributed by atoms with Gasteiger partial charge in [-0.3, -0.25) is 14.6 Å². The van der Waals surface area contributed by atoms with Crippen LogP contribution in [0.2, 0.25) is 0 Å². The maximum Gasteiger partial charge on any atom is 0.290 e. The summed E-state index contributed by atoms with van der Waals surface area (Å²) in [5.41, 5.74) is 1.16. The first-order valence-electron chi connectivity index (χ1n) is 10.8. The lowest BCUT2D eigenvalue weighted by molar-refractivity contribution is -0.695. The molecule has 1 aliphatic rings. The zero-order chi connectivity index (χ0) is 24.4. The van der Waals surface area contributed by atoms with Crippen LogP contribution < -0.4 is 14.0 Å². The van der Waals surface area contributed by atoms with Crippen LogP contribution >= 0.6 is 11.3 Å². The van der Waals surface area contributed by atoms with Crippen LogP contribution in [0.15, 0.2) is 48.3 Å². The molecule has 3 aromatic rings. The monoisotopic (exact) mass is 483 g/mol. The average molecular weight is 484 g/mol. The Balaban J connectivity index is 1.78. The third kappa shape index (κ3) is 4.28. The Morgan fingerprint density at radius 1 is 1.29 bits per heavy atom. The summed E-state index contributed by atoms with van der Waals surface area (Å²) >= 11 is 1.25. The standard InChI is InChI=1S/C24H26N4O5S/c1-14-23(34-15(2)26-14)21(29)19-20(17-12-16(32-3)6-7-18(17)33-4)28(24(31)22(19)30)10-5-9-27-11-8-25-13-27/h6-8,11-13,20H,5,9-10H2,1-4H3,(H,29,30)/p+1. The van der Waals surface area contributed by atoms with Gasteiger partial charge in [0.2, 0.25) is 12.1 Å². The molecule has 34 heavy (non-hydrogen) atoms. The maximum absolute atomic E-state index is 13.7. The van der Waals surface area contributed by atoms with E-state index in [9.17, 15) is 14.7 Å². The van der Waals surface area contributed by atoms with Crippen molar-refractivity contribution >= 4 is 23.0 Å². The number of nitrogens with one attached hydrogen (secondary N) is 1. The van der Waals surface area contributed by atoms with Gasteiger partial charge in [-0.05, 0) is 32.0 Å². The number of carbonyl (C=O) groups is 2. The summed E-state index contributed by atoms with van der Waals surface area (Å²) in [5.74, 6) is -0.503. The van der Waals surface area contributed by atoms with E-state index in [0.717, 1.165) is 5.01 Å². The highest BCUT2D eigenvalue weighted by Crippen LogP contribution is 2.44. The molecule has 1 aromatic carbocycles. The number of H-pyrrole nitrogens is 1. The topological polar surface area (TPSA) is 109 Å². The molecule has 0 fully saturated rings. The van der Waals surface area contributed by atoms with Crippen molar-refractivity contribution in [3.05, 3.63) is 69.4 Å². The quantitative estimate of drug-likeness (QED) is 0.358. The smallest absolute Gasteiger partial charge is 0.290 e. The largest absolute Gasteiger partial charge is 0.503 e. The van der Waals surface area contributed by atoms with Crippen LogP contribution in [-0.4, -0.2) is 52.4 Å². The summed E-state index contributed by atoms with van der Waals surface area (Å²) < 4.78 is 12.9. The number of carbonyl (C=O) groups excluding carboxylic acids is 2. The number of Topliss-reactive ketones (excluding diaryl/α,β-unsaturated/α-hetero) is 1. The lowest BCUT2D eigenvalue weighted by Gasteiger charge is -2.28. The average Bonchev–Trinajstić information content (AvgIpc) is 3.53. The molecule has 2 aromatic heterocycles. The van der Waals surface area contributed by atoms with Gasteiger partial charge in [-0.15, -0.1) is 11.3 Å². The van der Waals surface area contributed by atoms with Crippen LogP contribution in [0, 0.1) is 13.8 Å². The Kier molecular flexibility index (Phi) is 6.69. The SMILES string of the molecule is COc1ccc(OC)c(C2C(C(=O)c3sc(C)nc3C)=C(O)C(=O)N2CCC[n+]2cc[nH]c2)c1. The molecule has 0 saturated carbocycles. The van der Waals surface area contributed by atoms with E-state index >= 15 is 0 Å². The van der Waals surface area contributed by atoms with E-state index in [-0.39, 0.29) is 5.57 Å². The van der Waals surface area contributed by atoms with Gasteiger partial charge in [0.25, 0.3) is 5.91 Å². The van der Waals surface area contributed by atoms with Crippen LogP contribution in [0.1, 0.15) is 38.4 Å². The highest BCUT2D eigenvalue weighted by molar-refractivity contribution is 7.14. The Labute approximate surface area is 201 Å². The molecular formula is C24H27N4O5S+. The summed E-state index contributed by atoms with van der Waals surface area (Å²) in [6, 6.07) is 4.38. The number of imidazole rings is 1. The van der Waals surface area contributed by atoms with Gasteiger partial charge in [0.05, 0.1) is 48.0 Å². The molecule has 1 aliphatic heterocycles. The molecule has 1 amide bonds. The van der Waals surface area contributed by atoms with Gasteiger partial charge in [-0.25, -0.2) is 9.55 Å². The number of ether oxygens (including phenoxy) is 2. The Morgan fingerprint density at radius 3 is 2.71 bits per heavy atom. The molecule has 0 aliphatic carbocycles. The molecule has 0 radical (unpaired) electrons. The van der Waals surface area contributed by atoms with E-state index in [4.69, 9.17) is 9.47 Å². The van der Waals surface area contributed by atoms with Crippen molar-refractivity contribution in [2.75, 3.05) is 20.8 Å². The van der Waals surface area contributed by atoms with Crippen molar-refractivity contribution < 1.29 is 28.7 Å². The molecule has 3 heterocycles. The lowest BCUT2D eigenvalue weighted by Crippen LogP contribution is -2.36. The van der Waals surface area contributed by atoms with Crippen molar-refractivity contribution in [2.45, 2.75) is 32.9 Å². The molecule has 1 unspecified atom stereocenters. The molecule has 0 spiro atoms. The first-order valence-corrected chi connectivity index (χ1v) is 11.6. The van der Waals surface area contributed by atoms with Crippen LogP contribution in [0.3, 0.4) is 0 Å². The summed E-state index contributed by atoms with van der Waals surface area (Å²) in [6.45, 7) is 4.55. The number of aromatic amines is 1. The van der Waals surface area contributed by atoms with Gasteiger partial charge in [0.1, 0.15) is 23.9 Å². The second-order valence-electron chi connectivity index (χ2n) is 7.95. The van der Waals surface area contributed by atoms with Crippen LogP contribution in [0.25, 0.3) is 0 Å². The predicted molar refractivity (Wildman–Crippen MR) is 125 cm³/mol. The zero-order valence-corrected chi connectivity index (χ0v) is 20.3. The third-order valence-corrected chi connectivity index (χ3v) is 6.88. The van der Waals surface area contributed by atoms with Crippen LogP contribution in [0.5, 0.6) is 11.5 Å². The van der Waals surface area contributed by atoms with Crippen molar-refractivity contribution in [3.63, 3.8) is 0 Å². The fraction of sp³-hybridized carbons (Fsp3) is 0.333. The number of nitrogens with zero attached hydrogens (tertiary/aromatic N) is 3. The molecular weight excluding hydrogens is 456 g/mol. The van der Waals surface area contributed by atoms with Gasteiger partial charge in [-0.2, -0.15) is 0 Å². The number of aromatic nitrogens is 3. The minimum Gasteiger partial charge on any atom is -0.503 e. The van der Waals surface area contributed by atoms with E-state index in [1.807, 2.05) is 30.2 Å². The minimum absolute atomic E-state index is 0.0256. The number of thiazole rings is 1. The summed E-state index contributed by atoms with van der Waals surface area (Å²) in [5, 5.41) is 11.7. The number of ketones is 1. The number of amides is 1. The molecule has 0 saturated heterocycles. The molecule has 178 valence electrons. The highest BCUT2D eigenvalue weighted by atomic mass is 32.1. The van der Waals surface area contributed by atoms with E-state index in [0.29, 0.717) is 47.1 Å². The first kappa shape index (κ1) is 23.5. The van der Waals surface area contributed by atoms with Gasteiger partial charge in [0.15, 0.2) is 5.76 Å². The molecule has 10 heteroatoms. The number of rotatable bonds is 9. The van der Waals surface area contributed by atoms with E-state index < -0.39 is 23.5 Å². The summed E-state index contributed by atoms with van der Waals surface area (Å²) in [7, 11) is 3.07. The first-order chi connectivity index (χ1) is 16.3. The Hall–Kier alpha value is -3.66. The number of aliphatic hydroxyl groups is 1. The van der Waals surface area contributed by atoms with Gasteiger partial charge < -0.3 is 19.5 Å². The maximum atomic E-state index is 13.7. The van der Waals surface area contributed by atoms with E-state index in [1.54, 1.807) is 32.2 Å². The summed E-state index contributed by atoms with van der Waals surface area (Å²) in [6.07, 6.45) is 6.15. The fourth-order valence-corrected chi connectivity index (χ4v) is 5.11. The molecule has 0 bridgehead atoms. The number of benzene rings is 1. The lowest BCUT2D eigenvalue weighted by atomic mass is 9.94. The molecule has 4 rings (SSSR count). The normalized spacial score (nSPS) is 15.8. The van der Waals surface area contributed by atoms with E-state index in [2.05, 4.69) is 9.97 Å². The second kappa shape index (κ2) is 9.68. The number of hydrogen-bond acceptors (Lipinski definition) is 7. The van der Waals surface area contributed by atoms with Crippen LogP contribution in [-0.2, 0) is 11.3 Å². The second-order valence-corrected chi connectivity index (χ2v) is 9.15. The van der Waals surface area contributed by atoms with Gasteiger partial charge in [-0.1, -0.05) is 0 Å². The molecule has 9 nitrogen and oxygen atoms in total.